The summed E-state index contributed by atoms with van der Waals surface area (Å²) in [5.41, 5.74) is 5.84. The van der Waals surface area contributed by atoms with E-state index in [0.717, 1.165) is 0 Å². The lowest BCUT2D eigenvalue weighted by molar-refractivity contribution is -0.125. The minimum atomic E-state index is -0.522. The molecule has 1 amide bonds. The molecule has 0 aromatic heterocycles. The fraction of sp³-hybridized carbons (Fsp3) is 0.462. The normalized spacial score (nSPS) is 11.4. The minimum absolute atomic E-state index is 0.0756. The second-order valence-electron chi connectivity index (χ2n) is 4.27. The second kappa shape index (κ2) is 6.41. The minimum Gasteiger partial charge on any atom is -0.329 e. The Kier molecular flexibility index (Phi) is 5.45. The Morgan fingerprint density at radius 2 is 1.89 bits per heavy atom. The first kappa shape index (κ1) is 15.3. The summed E-state index contributed by atoms with van der Waals surface area (Å²) in [4.78, 5) is 12.3. The lowest BCUT2D eigenvalue weighted by Crippen LogP contribution is -2.41. The smallest absolute Gasteiger partial charge is 0.231 e. The van der Waals surface area contributed by atoms with Crippen LogP contribution in [0.3, 0.4) is 0 Å². The summed E-state index contributed by atoms with van der Waals surface area (Å²) in [6, 6.07) is 5.01. The molecule has 0 saturated carbocycles. The van der Waals surface area contributed by atoms with E-state index >= 15 is 0 Å². The van der Waals surface area contributed by atoms with Gasteiger partial charge in [0.2, 0.25) is 5.91 Å². The first-order valence-corrected chi connectivity index (χ1v) is 6.71. The van der Waals surface area contributed by atoms with E-state index < -0.39 is 5.41 Å². The molecule has 0 fully saturated rings. The lowest BCUT2D eigenvalue weighted by Gasteiger charge is -2.28. The molecule has 5 heteroatoms. The van der Waals surface area contributed by atoms with Gasteiger partial charge in [0, 0.05) is 12.2 Å². The third-order valence-corrected chi connectivity index (χ3v) is 4.14. The summed E-state index contributed by atoms with van der Waals surface area (Å²) < 4.78 is 0. The number of nitrogens with one attached hydrogen (secondary N) is 1. The van der Waals surface area contributed by atoms with Crippen LogP contribution in [-0.2, 0) is 4.79 Å². The van der Waals surface area contributed by atoms with Crippen LogP contribution in [0.15, 0.2) is 18.2 Å². The number of amides is 1. The summed E-state index contributed by atoms with van der Waals surface area (Å²) in [5.74, 6) is -0.0756. The van der Waals surface area contributed by atoms with Crippen LogP contribution in [0.25, 0.3) is 0 Å². The Balaban J connectivity index is 2.89. The van der Waals surface area contributed by atoms with Gasteiger partial charge in [0.15, 0.2) is 0 Å². The van der Waals surface area contributed by atoms with Gasteiger partial charge >= 0.3 is 0 Å². The van der Waals surface area contributed by atoms with Gasteiger partial charge in [-0.15, -0.1) is 0 Å². The van der Waals surface area contributed by atoms with Crippen LogP contribution in [-0.4, -0.2) is 12.5 Å². The molecule has 0 bridgehead atoms. The number of anilines is 1. The average Bonchev–Trinajstić information content (AvgIpc) is 2.37. The molecule has 0 atom stereocenters. The molecule has 3 N–H and O–H groups in total. The Labute approximate surface area is 118 Å². The van der Waals surface area contributed by atoms with Crippen molar-refractivity contribution in [2.24, 2.45) is 11.1 Å². The van der Waals surface area contributed by atoms with Gasteiger partial charge in [-0.25, -0.2) is 0 Å². The van der Waals surface area contributed by atoms with Crippen molar-refractivity contribution in [2.75, 3.05) is 11.9 Å². The Hall–Kier alpha value is -0.770. The summed E-state index contributed by atoms with van der Waals surface area (Å²) >= 11 is 11.7. The Morgan fingerprint density at radius 3 is 2.33 bits per heavy atom. The van der Waals surface area contributed by atoms with Crippen molar-refractivity contribution in [1.29, 1.82) is 0 Å². The van der Waals surface area contributed by atoms with Crippen molar-refractivity contribution in [2.45, 2.75) is 26.7 Å². The van der Waals surface area contributed by atoms with Crippen LogP contribution in [0, 0.1) is 5.41 Å². The van der Waals surface area contributed by atoms with E-state index in [0.29, 0.717) is 35.1 Å². The van der Waals surface area contributed by atoms with E-state index in [-0.39, 0.29) is 5.91 Å². The van der Waals surface area contributed by atoms with Crippen molar-refractivity contribution in [3.63, 3.8) is 0 Å². The van der Waals surface area contributed by atoms with Gasteiger partial charge in [0.25, 0.3) is 0 Å². The molecular formula is C13H18Cl2N2O. The van der Waals surface area contributed by atoms with E-state index in [9.17, 15) is 4.79 Å². The van der Waals surface area contributed by atoms with Crippen LogP contribution in [0.5, 0.6) is 0 Å². The van der Waals surface area contributed by atoms with Gasteiger partial charge in [0.1, 0.15) is 0 Å². The number of carbonyl (C=O) groups is 1. The van der Waals surface area contributed by atoms with Crippen molar-refractivity contribution in [1.82, 2.24) is 0 Å². The number of hydrogen-bond donors (Lipinski definition) is 2. The molecule has 0 spiro atoms. The number of benzene rings is 1. The lowest BCUT2D eigenvalue weighted by atomic mass is 9.81. The third-order valence-electron chi connectivity index (χ3n) is 3.40. The van der Waals surface area contributed by atoms with Crippen LogP contribution >= 0.6 is 23.2 Å². The van der Waals surface area contributed by atoms with Gasteiger partial charge < -0.3 is 11.1 Å². The topological polar surface area (TPSA) is 55.1 Å². The summed E-state index contributed by atoms with van der Waals surface area (Å²) in [6.07, 6.45) is 1.40. The van der Waals surface area contributed by atoms with Crippen LogP contribution in [0.2, 0.25) is 10.0 Å². The zero-order valence-corrected chi connectivity index (χ0v) is 12.1. The van der Waals surface area contributed by atoms with Gasteiger partial charge in [-0.3, -0.25) is 4.79 Å². The van der Waals surface area contributed by atoms with Crippen molar-refractivity contribution in [3.8, 4) is 0 Å². The Bertz CT molecular complexity index is 423. The molecule has 0 saturated heterocycles. The first-order chi connectivity index (χ1) is 8.49. The molecule has 0 radical (unpaired) electrons. The Morgan fingerprint density at radius 1 is 1.28 bits per heavy atom. The third kappa shape index (κ3) is 3.16. The summed E-state index contributed by atoms with van der Waals surface area (Å²) in [7, 11) is 0. The molecule has 1 aromatic rings. The van der Waals surface area contributed by atoms with Crippen molar-refractivity contribution >= 4 is 34.8 Å². The highest BCUT2D eigenvalue weighted by atomic mass is 35.5. The largest absolute Gasteiger partial charge is 0.329 e. The molecule has 0 aliphatic rings. The molecule has 1 aromatic carbocycles. The van der Waals surface area contributed by atoms with Gasteiger partial charge in [-0.05, 0) is 31.0 Å². The molecule has 1 rings (SSSR count). The molecule has 0 heterocycles. The monoisotopic (exact) mass is 288 g/mol. The van der Waals surface area contributed by atoms with E-state index in [1.165, 1.54) is 0 Å². The number of nitrogens with two attached hydrogens (primary N) is 1. The second-order valence-corrected chi connectivity index (χ2v) is 5.09. The maximum absolute atomic E-state index is 12.3. The molecule has 0 aliphatic carbocycles. The zero-order valence-electron chi connectivity index (χ0n) is 10.6. The quantitative estimate of drug-likeness (QED) is 0.868. The fourth-order valence-electron chi connectivity index (χ4n) is 1.79. The van der Waals surface area contributed by atoms with Crippen LogP contribution in [0.4, 0.5) is 5.69 Å². The number of carbonyl (C=O) groups excluding carboxylic acids is 1. The average molecular weight is 289 g/mol. The van der Waals surface area contributed by atoms with E-state index in [2.05, 4.69) is 5.32 Å². The predicted molar refractivity (Wildman–Crippen MR) is 77.2 cm³/mol. The molecule has 0 unspecified atom stereocenters. The van der Waals surface area contributed by atoms with Crippen molar-refractivity contribution < 1.29 is 4.79 Å². The van der Waals surface area contributed by atoms with Crippen molar-refractivity contribution in [3.05, 3.63) is 28.2 Å². The number of rotatable bonds is 5. The fourth-order valence-corrected chi connectivity index (χ4v) is 2.09. The SMILES string of the molecule is CCC(CC)(CN)C(=O)Nc1ccc(Cl)c(Cl)c1. The zero-order chi connectivity index (χ0) is 13.8. The molecular weight excluding hydrogens is 271 g/mol. The van der Waals surface area contributed by atoms with Gasteiger partial charge in [0.05, 0.1) is 15.5 Å². The molecule has 0 aliphatic heterocycles. The molecule has 3 nitrogen and oxygen atoms in total. The number of hydrogen-bond acceptors (Lipinski definition) is 2. The molecule has 18 heavy (non-hydrogen) atoms. The summed E-state index contributed by atoms with van der Waals surface area (Å²) in [6.45, 7) is 4.25. The highest BCUT2D eigenvalue weighted by Crippen LogP contribution is 2.29. The van der Waals surface area contributed by atoms with Gasteiger partial charge in [-0.1, -0.05) is 37.0 Å². The van der Waals surface area contributed by atoms with E-state index in [1.807, 2.05) is 13.8 Å². The standard InChI is InChI=1S/C13H18Cl2N2O/c1-3-13(4-2,8-16)12(18)17-9-5-6-10(14)11(15)7-9/h5-7H,3-4,8,16H2,1-2H3,(H,17,18). The highest BCUT2D eigenvalue weighted by molar-refractivity contribution is 6.42. The predicted octanol–water partition coefficient (Wildman–Crippen LogP) is 3.70. The van der Waals surface area contributed by atoms with Crippen LogP contribution in [0.1, 0.15) is 26.7 Å². The highest BCUT2D eigenvalue weighted by Gasteiger charge is 2.33. The maximum Gasteiger partial charge on any atom is 0.231 e. The van der Waals surface area contributed by atoms with E-state index in [1.54, 1.807) is 18.2 Å². The van der Waals surface area contributed by atoms with Gasteiger partial charge in [-0.2, -0.15) is 0 Å². The maximum atomic E-state index is 12.3. The first-order valence-electron chi connectivity index (χ1n) is 5.95. The number of halogens is 2. The molecule has 100 valence electrons. The summed E-state index contributed by atoms with van der Waals surface area (Å²) in [5, 5.41) is 3.72. The van der Waals surface area contributed by atoms with E-state index in [4.69, 9.17) is 28.9 Å². The van der Waals surface area contributed by atoms with Crippen LogP contribution < -0.4 is 11.1 Å².